The Hall–Kier alpha value is -2.22. The molecule has 1 saturated heterocycles. The van der Waals surface area contributed by atoms with Crippen LogP contribution in [0.15, 0.2) is 18.3 Å². The van der Waals surface area contributed by atoms with Crippen molar-refractivity contribution < 1.29 is 23.8 Å². The molecule has 1 N–H and O–H groups in total. The van der Waals surface area contributed by atoms with Crippen LogP contribution in [0.2, 0.25) is 0 Å². The molecule has 22 heavy (non-hydrogen) atoms. The molecule has 1 aromatic heterocycles. The highest BCUT2D eigenvalue weighted by molar-refractivity contribution is 6.05. The topological polar surface area (TPSA) is 83.0 Å². The minimum atomic E-state index is -1.88. The van der Waals surface area contributed by atoms with Crippen LogP contribution >= 0.6 is 0 Å². The fraction of sp³-hybridized carbons (Fsp3) is 0.500. The Kier molecular flexibility index (Phi) is 4.60. The lowest BCUT2D eigenvalue weighted by Crippen LogP contribution is -2.58. The van der Waals surface area contributed by atoms with E-state index in [0.29, 0.717) is 32.0 Å². The van der Waals surface area contributed by atoms with Crippen molar-refractivity contribution in [2.75, 3.05) is 38.2 Å². The summed E-state index contributed by atoms with van der Waals surface area (Å²) in [5, 5.41) is 9.16. The average molecular weight is 311 g/mol. The number of methoxy groups -OCH3 is 1. The van der Waals surface area contributed by atoms with E-state index in [-0.39, 0.29) is 0 Å². The highest BCUT2D eigenvalue weighted by atomic mass is 19.1. The molecule has 1 amide bonds. The molecule has 0 saturated carbocycles. The van der Waals surface area contributed by atoms with Crippen LogP contribution < -0.4 is 4.90 Å². The summed E-state index contributed by atoms with van der Waals surface area (Å²) in [6, 6.07) is 2.90. The Morgan fingerprint density at radius 3 is 2.41 bits per heavy atom. The van der Waals surface area contributed by atoms with Crippen LogP contribution in [0.4, 0.5) is 10.2 Å². The molecule has 0 spiro atoms. The number of ether oxygens (including phenoxy) is 1. The van der Waals surface area contributed by atoms with E-state index in [9.17, 15) is 14.0 Å². The number of aromatic nitrogens is 1. The number of nitrogens with zero attached hydrogens (tertiary/aromatic N) is 3. The number of carbonyl (C=O) groups excluding carboxylic acids is 1. The fourth-order valence-corrected chi connectivity index (χ4v) is 2.26. The van der Waals surface area contributed by atoms with Gasteiger partial charge in [-0.05, 0) is 19.1 Å². The second kappa shape index (κ2) is 6.27. The molecule has 7 nitrogen and oxygen atoms in total. The summed E-state index contributed by atoms with van der Waals surface area (Å²) in [6.45, 7) is 2.92. The lowest BCUT2D eigenvalue weighted by molar-refractivity contribution is -0.173. The minimum Gasteiger partial charge on any atom is -0.479 e. The van der Waals surface area contributed by atoms with Crippen molar-refractivity contribution in [3.05, 3.63) is 24.1 Å². The van der Waals surface area contributed by atoms with Gasteiger partial charge < -0.3 is 19.6 Å². The third-order valence-corrected chi connectivity index (χ3v) is 3.83. The van der Waals surface area contributed by atoms with E-state index in [1.54, 1.807) is 6.07 Å². The number of aliphatic carboxylic acids is 1. The smallest absolute Gasteiger partial charge is 0.345 e. The van der Waals surface area contributed by atoms with E-state index in [0.717, 1.165) is 6.20 Å². The van der Waals surface area contributed by atoms with Crippen molar-refractivity contribution in [3.8, 4) is 0 Å². The summed E-state index contributed by atoms with van der Waals surface area (Å²) in [5.41, 5.74) is -1.88. The molecule has 0 radical (unpaired) electrons. The normalized spacial score (nSPS) is 18.0. The monoisotopic (exact) mass is 311 g/mol. The predicted octanol–water partition coefficient (Wildman–Crippen LogP) is 0.359. The van der Waals surface area contributed by atoms with Crippen molar-refractivity contribution in [1.82, 2.24) is 9.88 Å². The van der Waals surface area contributed by atoms with E-state index in [4.69, 9.17) is 9.84 Å². The second-order valence-electron chi connectivity index (χ2n) is 5.16. The molecule has 2 rings (SSSR count). The van der Waals surface area contributed by atoms with Crippen molar-refractivity contribution in [3.63, 3.8) is 0 Å². The van der Waals surface area contributed by atoms with Crippen LogP contribution in [0.3, 0.4) is 0 Å². The zero-order chi connectivity index (χ0) is 16.3. The summed E-state index contributed by atoms with van der Waals surface area (Å²) >= 11 is 0. The van der Waals surface area contributed by atoms with Gasteiger partial charge in [0.25, 0.3) is 5.91 Å². The van der Waals surface area contributed by atoms with Gasteiger partial charge in [0.15, 0.2) is 0 Å². The maximum absolute atomic E-state index is 12.9. The molecule has 1 atom stereocenters. The van der Waals surface area contributed by atoms with E-state index in [1.807, 2.05) is 4.90 Å². The van der Waals surface area contributed by atoms with Gasteiger partial charge in [0, 0.05) is 33.3 Å². The van der Waals surface area contributed by atoms with Crippen molar-refractivity contribution in [2.24, 2.45) is 0 Å². The van der Waals surface area contributed by atoms with Crippen molar-refractivity contribution in [1.29, 1.82) is 0 Å². The number of carboxylic acids is 1. The number of carboxylic acid groups (broad SMARTS) is 1. The number of amides is 1. The zero-order valence-electron chi connectivity index (χ0n) is 12.5. The molecule has 0 bridgehead atoms. The molecular weight excluding hydrogens is 293 g/mol. The average Bonchev–Trinajstić information content (AvgIpc) is 2.54. The summed E-state index contributed by atoms with van der Waals surface area (Å²) < 4.78 is 17.7. The number of piperazine rings is 1. The molecule has 1 aromatic rings. The highest BCUT2D eigenvalue weighted by Gasteiger charge is 2.45. The van der Waals surface area contributed by atoms with Crippen LogP contribution in [0, 0.1) is 5.82 Å². The van der Waals surface area contributed by atoms with Gasteiger partial charge in [-0.2, -0.15) is 0 Å². The first-order chi connectivity index (χ1) is 10.4. The minimum absolute atomic E-state index is 0.351. The first kappa shape index (κ1) is 16.2. The molecule has 1 unspecified atom stereocenters. The standard InChI is InChI=1S/C14H18FN3O4/c1-14(22-2,13(20)21)12(19)18-7-5-17(6-8-18)11-4-3-10(15)9-16-11/h3-4,9H,5-8H2,1-2H3,(H,20,21). The molecule has 120 valence electrons. The van der Waals surface area contributed by atoms with Crippen LogP contribution in [0.5, 0.6) is 0 Å². The Bertz CT molecular complexity index is 558. The Morgan fingerprint density at radius 1 is 1.32 bits per heavy atom. The third kappa shape index (κ3) is 3.01. The van der Waals surface area contributed by atoms with Crippen molar-refractivity contribution in [2.45, 2.75) is 12.5 Å². The third-order valence-electron chi connectivity index (χ3n) is 3.83. The van der Waals surface area contributed by atoms with Crippen molar-refractivity contribution >= 4 is 17.7 Å². The van der Waals surface area contributed by atoms with Gasteiger partial charge in [-0.1, -0.05) is 0 Å². The molecule has 1 aliphatic rings. The molecule has 1 fully saturated rings. The van der Waals surface area contributed by atoms with Gasteiger partial charge in [0.2, 0.25) is 5.60 Å². The quantitative estimate of drug-likeness (QED) is 0.808. The second-order valence-corrected chi connectivity index (χ2v) is 5.16. The number of rotatable bonds is 4. The number of hydrogen-bond acceptors (Lipinski definition) is 5. The Labute approximate surface area is 127 Å². The summed E-state index contributed by atoms with van der Waals surface area (Å²) in [6.07, 6.45) is 1.14. The van der Waals surface area contributed by atoms with Gasteiger partial charge in [0.05, 0.1) is 6.20 Å². The molecule has 0 aromatic carbocycles. The maximum Gasteiger partial charge on any atom is 0.345 e. The molecule has 2 heterocycles. The first-order valence-electron chi connectivity index (χ1n) is 6.83. The lowest BCUT2D eigenvalue weighted by Gasteiger charge is -2.38. The Balaban J connectivity index is 2.01. The van der Waals surface area contributed by atoms with Crippen LogP contribution in [-0.4, -0.2) is 65.8 Å². The summed E-state index contributed by atoms with van der Waals surface area (Å²) in [4.78, 5) is 30.9. The number of anilines is 1. The predicted molar refractivity (Wildman–Crippen MR) is 76.0 cm³/mol. The van der Waals surface area contributed by atoms with Crippen LogP contribution in [-0.2, 0) is 14.3 Å². The van der Waals surface area contributed by atoms with Crippen LogP contribution in [0.25, 0.3) is 0 Å². The molecule has 8 heteroatoms. The SMILES string of the molecule is COC(C)(C(=O)O)C(=O)N1CCN(c2ccc(F)cn2)CC1. The number of carbonyl (C=O) groups is 2. The summed E-state index contributed by atoms with van der Waals surface area (Å²) in [5.74, 6) is -1.67. The molecule has 1 aliphatic heterocycles. The van der Waals surface area contributed by atoms with E-state index < -0.39 is 23.3 Å². The van der Waals surface area contributed by atoms with E-state index in [1.165, 1.54) is 25.0 Å². The number of pyridine rings is 1. The number of hydrogen-bond donors (Lipinski definition) is 1. The Morgan fingerprint density at radius 2 is 1.95 bits per heavy atom. The fourth-order valence-electron chi connectivity index (χ4n) is 2.26. The largest absolute Gasteiger partial charge is 0.479 e. The maximum atomic E-state index is 12.9. The lowest BCUT2D eigenvalue weighted by atomic mass is 10.0. The van der Waals surface area contributed by atoms with Crippen LogP contribution in [0.1, 0.15) is 6.92 Å². The van der Waals surface area contributed by atoms with Gasteiger partial charge in [0.1, 0.15) is 11.6 Å². The number of halogens is 1. The van der Waals surface area contributed by atoms with E-state index >= 15 is 0 Å². The highest BCUT2D eigenvalue weighted by Crippen LogP contribution is 2.18. The van der Waals surface area contributed by atoms with Gasteiger partial charge in [-0.15, -0.1) is 0 Å². The zero-order valence-corrected chi connectivity index (χ0v) is 12.5. The van der Waals surface area contributed by atoms with Gasteiger partial charge in [-0.3, -0.25) is 4.79 Å². The first-order valence-corrected chi connectivity index (χ1v) is 6.83. The molecular formula is C14H18FN3O4. The van der Waals surface area contributed by atoms with Gasteiger partial charge in [-0.25, -0.2) is 14.2 Å². The summed E-state index contributed by atoms with van der Waals surface area (Å²) in [7, 11) is 1.20. The molecule has 0 aliphatic carbocycles. The van der Waals surface area contributed by atoms with Gasteiger partial charge >= 0.3 is 5.97 Å². The van der Waals surface area contributed by atoms with E-state index in [2.05, 4.69) is 4.98 Å².